The highest BCUT2D eigenvalue weighted by Crippen LogP contribution is 2.24. The van der Waals surface area contributed by atoms with Gasteiger partial charge in [-0.15, -0.1) is 10.2 Å². The van der Waals surface area contributed by atoms with E-state index in [1.807, 2.05) is 66.2 Å². The molecule has 0 saturated carbocycles. The second-order valence-corrected chi connectivity index (χ2v) is 8.33. The molecule has 0 saturated heterocycles. The normalized spacial score (nSPS) is 10.8. The molecule has 5 nitrogen and oxygen atoms in total. The molecule has 156 valence electrons. The van der Waals surface area contributed by atoms with Crippen LogP contribution in [-0.4, -0.2) is 26.4 Å². The molecule has 1 aromatic heterocycles. The molecule has 1 N–H and O–H groups in total. The standard InChI is InChI=1S/C25H24N4OS/c1-18-12-14-20(15-13-18)24-27-28-25(29(24)2)31-17-23(30)26-22-11-7-6-10-21(22)16-19-8-4-3-5-9-19/h3-15H,16-17H2,1-2H3,(H,26,30). The molecule has 0 unspecified atom stereocenters. The Morgan fingerprint density at radius 2 is 1.65 bits per heavy atom. The Morgan fingerprint density at radius 3 is 2.42 bits per heavy atom. The molecule has 0 fully saturated rings. The van der Waals surface area contributed by atoms with Gasteiger partial charge in [-0.2, -0.15) is 0 Å². The van der Waals surface area contributed by atoms with E-state index >= 15 is 0 Å². The van der Waals surface area contributed by atoms with Crippen LogP contribution in [-0.2, 0) is 18.3 Å². The van der Waals surface area contributed by atoms with Crippen molar-refractivity contribution in [3.8, 4) is 11.4 Å². The van der Waals surface area contributed by atoms with Crippen LogP contribution in [0.25, 0.3) is 11.4 Å². The molecular weight excluding hydrogens is 404 g/mol. The van der Waals surface area contributed by atoms with Gasteiger partial charge in [-0.1, -0.05) is 90.1 Å². The molecule has 0 atom stereocenters. The molecule has 0 radical (unpaired) electrons. The average molecular weight is 429 g/mol. The number of carbonyl (C=O) groups is 1. The number of nitrogens with one attached hydrogen (secondary N) is 1. The summed E-state index contributed by atoms with van der Waals surface area (Å²) in [5, 5.41) is 12.3. The van der Waals surface area contributed by atoms with Gasteiger partial charge in [0.1, 0.15) is 0 Å². The fraction of sp³-hybridized carbons (Fsp3) is 0.160. The third-order valence-corrected chi connectivity index (χ3v) is 6.03. The summed E-state index contributed by atoms with van der Waals surface area (Å²) in [5.41, 5.74) is 5.35. The quantitative estimate of drug-likeness (QED) is 0.416. The summed E-state index contributed by atoms with van der Waals surface area (Å²) in [6.45, 7) is 2.05. The Balaban J connectivity index is 1.40. The number of hydrogen-bond acceptors (Lipinski definition) is 4. The smallest absolute Gasteiger partial charge is 0.234 e. The maximum absolute atomic E-state index is 12.6. The predicted octanol–water partition coefficient (Wildman–Crippen LogP) is 5.11. The Bertz CT molecular complexity index is 1170. The fourth-order valence-electron chi connectivity index (χ4n) is 3.32. The van der Waals surface area contributed by atoms with E-state index in [2.05, 4.69) is 46.7 Å². The van der Waals surface area contributed by atoms with Crippen LogP contribution in [0.2, 0.25) is 0 Å². The van der Waals surface area contributed by atoms with Crippen molar-refractivity contribution < 1.29 is 4.79 Å². The Labute approximate surface area is 186 Å². The van der Waals surface area contributed by atoms with Gasteiger partial charge in [0.05, 0.1) is 5.75 Å². The highest BCUT2D eigenvalue weighted by atomic mass is 32.2. The molecule has 0 bridgehead atoms. The van der Waals surface area contributed by atoms with Crippen LogP contribution in [0.3, 0.4) is 0 Å². The Hall–Kier alpha value is -3.38. The van der Waals surface area contributed by atoms with Crippen LogP contribution in [0, 0.1) is 6.92 Å². The zero-order valence-corrected chi connectivity index (χ0v) is 18.4. The van der Waals surface area contributed by atoms with Crippen LogP contribution < -0.4 is 5.32 Å². The molecule has 1 heterocycles. The van der Waals surface area contributed by atoms with Crippen molar-refractivity contribution in [2.45, 2.75) is 18.5 Å². The van der Waals surface area contributed by atoms with E-state index in [4.69, 9.17) is 0 Å². The summed E-state index contributed by atoms with van der Waals surface area (Å²) < 4.78 is 1.92. The number of hydrogen-bond donors (Lipinski definition) is 1. The average Bonchev–Trinajstić information content (AvgIpc) is 3.15. The topological polar surface area (TPSA) is 59.8 Å². The Morgan fingerprint density at radius 1 is 0.935 bits per heavy atom. The maximum atomic E-state index is 12.6. The van der Waals surface area contributed by atoms with Crippen molar-refractivity contribution in [3.63, 3.8) is 0 Å². The third-order valence-electron chi connectivity index (χ3n) is 5.01. The second-order valence-electron chi connectivity index (χ2n) is 7.39. The van der Waals surface area contributed by atoms with Gasteiger partial charge in [-0.3, -0.25) is 4.79 Å². The van der Waals surface area contributed by atoms with Crippen LogP contribution in [0.5, 0.6) is 0 Å². The summed E-state index contributed by atoms with van der Waals surface area (Å²) in [5.74, 6) is 0.987. The van der Waals surface area contributed by atoms with Crippen molar-refractivity contribution >= 4 is 23.4 Å². The molecule has 31 heavy (non-hydrogen) atoms. The van der Waals surface area contributed by atoms with Gasteiger partial charge >= 0.3 is 0 Å². The molecule has 4 aromatic rings. The number of aryl methyl sites for hydroxylation is 1. The first-order chi connectivity index (χ1) is 15.1. The number of aromatic nitrogens is 3. The third kappa shape index (κ3) is 5.22. The van der Waals surface area contributed by atoms with Crippen LogP contribution in [0.1, 0.15) is 16.7 Å². The number of carbonyl (C=O) groups excluding carboxylic acids is 1. The van der Waals surface area contributed by atoms with E-state index in [0.29, 0.717) is 5.16 Å². The second kappa shape index (κ2) is 9.62. The van der Waals surface area contributed by atoms with Gasteiger partial charge in [0.25, 0.3) is 0 Å². The zero-order chi connectivity index (χ0) is 21.6. The van der Waals surface area contributed by atoms with Crippen molar-refractivity contribution in [1.29, 1.82) is 0 Å². The summed E-state index contributed by atoms with van der Waals surface area (Å²) in [6, 6.07) is 26.3. The van der Waals surface area contributed by atoms with Crippen LogP contribution >= 0.6 is 11.8 Å². The largest absolute Gasteiger partial charge is 0.325 e. The molecule has 3 aromatic carbocycles. The molecule has 0 spiro atoms. The van der Waals surface area contributed by atoms with Crippen molar-refractivity contribution in [2.75, 3.05) is 11.1 Å². The number of para-hydroxylation sites is 1. The van der Waals surface area contributed by atoms with Crippen LogP contribution in [0.4, 0.5) is 5.69 Å². The van der Waals surface area contributed by atoms with Gasteiger partial charge in [0.15, 0.2) is 11.0 Å². The van der Waals surface area contributed by atoms with E-state index < -0.39 is 0 Å². The SMILES string of the molecule is Cc1ccc(-c2nnc(SCC(=O)Nc3ccccc3Cc3ccccc3)n2C)cc1. The lowest BCUT2D eigenvalue weighted by Gasteiger charge is -2.11. The molecule has 4 rings (SSSR count). The molecule has 0 aliphatic carbocycles. The number of amides is 1. The van der Waals surface area contributed by atoms with E-state index in [1.54, 1.807) is 0 Å². The summed E-state index contributed by atoms with van der Waals surface area (Å²) in [4.78, 5) is 12.6. The lowest BCUT2D eigenvalue weighted by molar-refractivity contribution is -0.113. The number of nitrogens with zero attached hydrogens (tertiary/aromatic N) is 3. The first kappa shape index (κ1) is 20.9. The maximum Gasteiger partial charge on any atom is 0.234 e. The first-order valence-electron chi connectivity index (χ1n) is 10.1. The predicted molar refractivity (Wildman–Crippen MR) is 126 cm³/mol. The molecule has 0 aliphatic rings. The van der Waals surface area contributed by atoms with Crippen molar-refractivity contribution in [3.05, 3.63) is 95.6 Å². The highest BCUT2D eigenvalue weighted by Gasteiger charge is 2.14. The number of rotatable bonds is 7. The molecule has 0 aliphatic heterocycles. The monoisotopic (exact) mass is 428 g/mol. The summed E-state index contributed by atoms with van der Waals surface area (Å²) in [7, 11) is 1.92. The Kier molecular flexibility index (Phi) is 6.48. The number of anilines is 1. The number of benzene rings is 3. The van der Waals surface area contributed by atoms with Gasteiger partial charge in [0, 0.05) is 18.3 Å². The summed E-state index contributed by atoms with van der Waals surface area (Å²) in [6.07, 6.45) is 0.771. The summed E-state index contributed by atoms with van der Waals surface area (Å²) >= 11 is 1.38. The van der Waals surface area contributed by atoms with Gasteiger partial charge in [-0.05, 0) is 30.5 Å². The van der Waals surface area contributed by atoms with Gasteiger partial charge < -0.3 is 9.88 Å². The molecule has 6 heteroatoms. The van der Waals surface area contributed by atoms with E-state index in [-0.39, 0.29) is 11.7 Å². The molecule has 1 amide bonds. The van der Waals surface area contributed by atoms with Gasteiger partial charge in [0.2, 0.25) is 5.91 Å². The van der Waals surface area contributed by atoms with Crippen molar-refractivity contribution in [1.82, 2.24) is 14.8 Å². The first-order valence-corrected chi connectivity index (χ1v) is 11.1. The zero-order valence-electron chi connectivity index (χ0n) is 17.6. The van der Waals surface area contributed by atoms with Gasteiger partial charge in [-0.25, -0.2) is 0 Å². The van der Waals surface area contributed by atoms with Crippen molar-refractivity contribution in [2.24, 2.45) is 7.05 Å². The van der Waals surface area contributed by atoms with Crippen LogP contribution in [0.15, 0.2) is 84.0 Å². The van der Waals surface area contributed by atoms with E-state index in [9.17, 15) is 4.79 Å². The minimum Gasteiger partial charge on any atom is -0.325 e. The lowest BCUT2D eigenvalue weighted by atomic mass is 10.0. The highest BCUT2D eigenvalue weighted by molar-refractivity contribution is 7.99. The fourth-order valence-corrected chi connectivity index (χ4v) is 4.03. The number of thioether (sulfide) groups is 1. The minimum absolute atomic E-state index is 0.0644. The lowest BCUT2D eigenvalue weighted by Crippen LogP contribution is -2.15. The minimum atomic E-state index is -0.0644. The van der Waals surface area contributed by atoms with E-state index in [0.717, 1.165) is 29.1 Å². The molecular formula is C25H24N4OS. The van der Waals surface area contributed by atoms with E-state index in [1.165, 1.54) is 22.9 Å².